The molecule has 2 heterocycles. The molecule has 7 heteroatoms. The molecule has 0 radical (unpaired) electrons. The first-order chi connectivity index (χ1) is 10.1. The van der Waals surface area contributed by atoms with Gasteiger partial charge in [0, 0.05) is 18.1 Å². The van der Waals surface area contributed by atoms with Gasteiger partial charge in [-0.2, -0.15) is 22.1 Å². The van der Waals surface area contributed by atoms with Crippen LogP contribution in [0.25, 0.3) is 0 Å². The maximum absolute atomic E-state index is 11.4. The summed E-state index contributed by atoms with van der Waals surface area (Å²) in [5.74, 6) is 0.858. The number of carboxylic acids is 1. The summed E-state index contributed by atoms with van der Waals surface area (Å²) in [5, 5.41) is 27.3. The minimum atomic E-state index is -0.884. The molecule has 21 heavy (non-hydrogen) atoms. The third kappa shape index (κ3) is 2.95. The molecule has 1 aliphatic heterocycles. The third-order valence-corrected chi connectivity index (χ3v) is 4.65. The lowest BCUT2D eigenvalue weighted by atomic mass is 10.0. The van der Waals surface area contributed by atoms with Gasteiger partial charge in [-0.05, 0) is 18.4 Å². The highest BCUT2D eigenvalue weighted by Crippen LogP contribution is 2.28. The van der Waals surface area contributed by atoms with Gasteiger partial charge in [-0.15, -0.1) is 5.10 Å². The molecule has 2 rings (SSSR count). The minimum Gasteiger partial charge on any atom is -0.480 e. The van der Waals surface area contributed by atoms with Gasteiger partial charge in [0.15, 0.2) is 5.82 Å². The summed E-state index contributed by atoms with van der Waals surface area (Å²) in [6.07, 6.45) is 1.40. The molecule has 0 spiro atoms. The first-order valence-electron chi connectivity index (χ1n) is 6.99. The average Bonchev–Trinajstić information content (AvgIpc) is 2.53. The van der Waals surface area contributed by atoms with Gasteiger partial charge in [0.1, 0.15) is 17.7 Å². The molecule has 1 N–H and O–H groups in total. The number of rotatable bonds is 4. The quantitative estimate of drug-likeness (QED) is 0.901. The number of aromatic nitrogens is 2. The van der Waals surface area contributed by atoms with Crippen molar-refractivity contribution in [2.75, 3.05) is 23.0 Å². The molecule has 1 aliphatic rings. The van der Waals surface area contributed by atoms with Gasteiger partial charge < -0.3 is 10.0 Å². The van der Waals surface area contributed by atoms with Crippen molar-refractivity contribution in [3.8, 4) is 6.07 Å². The molecule has 1 atom stereocenters. The Morgan fingerprint density at radius 3 is 2.81 bits per heavy atom. The first kappa shape index (κ1) is 15.6. The Labute approximate surface area is 128 Å². The number of nitrogens with zero attached hydrogens (tertiary/aromatic N) is 4. The number of aryl methyl sites for hydroxylation is 1. The molecular weight excluding hydrogens is 288 g/mol. The van der Waals surface area contributed by atoms with Crippen LogP contribution in [0.15, 0.2) is 0 Å². The maximum atomic E-state index is 11.4. The van der Waals surface area contributed by atoms with Gasteiger partial charge in [0.05, 0.1) is 5.69 Å². The molecule has 1 aromatic rings. The Morgan fingerprint density at radius 1 is 1.48 bits per heavy atom. The minimum absolute atomic E-state index is 0.416. The predicted molar refractivity (Wildman–Crippen MR) is 81.6 cm³/mol. The smallest absolute Gasteiger partial charge is 0.327 e. The molecular formula is C14H18N4O2S. The Morgan fingerprint density at radius 2 is 2.24 bits per heavy atom. The number of carbonyl (C=O) groups is 1. The van der Waals surface area contributed by atoms with Crippen LogP contribution in [0.4, 0.5) is 5.82 Å². The number of hydrogen-bond acceptors (Lipinski definition) is 6. The van der Waals surface area contributed by atoms with E-state index in [0.717, 1.165) is 17.0 Å². The van der Waals surface area contributed by atoms with Crippen LogP contribution in [0.1, 0.15) is 30.7 Å². The van der Waals surface area contributed by atoms with Gasteiger partial charge in [0.25, 0.3) is 0 Å². The summed E-state index contributed by atoms with van der Waals surface area (Å²) < 4.78 is 0. The molecule has 0 aliphatic carbocycles. The van der Waals surface area contributed by atoms with Crippen LogP contribution in [-0.2, 0) is 17.6 Å². The highest BCUT2D eigenvalue weighted by molar-refractivity contribution is 7.99. The van der Waals surface area contributed by atoms with Crippen molar-refractivity contribution in [3.05, 3.63) is 16.8 Å². The molecule has 0 saturated carbocycles. The molecule has 0 amide bonds. The van der Waals surface area contributed by atoms with E-state index in [2.05, 4.69) is 16.3 Å². The van der Waals surface area contributed by atoms with Crippen LogP contribution in [-0.4, -0.2) is 45.4 Å². The van der Waals surface area contributed by atoms with E-state index >= 15 is 0 Å². The topological polar surface area (TPSA) is 90.1 Å². The van der Waals surface area contributed by atoms with Crippen molar-refractivity contribution in [2.45, 2.75) is 32.7 Å². The van der Waals surface area contributed by atoms with Gasteiger partial charge in [-0.1, -0.05) is 13.8 Å². The predicted octanol–water partition coefficient (Wildman–Crippen LogP) is 1.48. The van der Waals surface area contributed by atoms with E-state index in [4.69, 9.17) is 0 Å². The van der Waals surface area contributed by atoms with E-state index in [9.17, 15) is 15.2 Å². The fourth-order valence-corrected chi connectivity index (χ4v) is 3.58. The van der Waals surface area contributed by atoms with Crippen LogP contribution >= 0.6 is 11.8 Å². The molecule has 1 fully saturated rings. The zero-order valence-corrected chi connectivity index (χ0v) is 13.0. The van der Waals surface area contributed by atoms with Crippen LogP contribution in [0.2, 0.25) is 0 Å². The van der Waals surface area contributed by atoms with E-state index in [-0.39, 0.29) is 0 Å². The highest BCUT2D eigenvalue weighted by atomic mass is 32.2. The highest BCUT2D eigenvalue weighted by Gasteiger charge is 2.32. The van der Waals surface area contributed by atoms with E-state index in [1.54, 1.807) is 16.7 Å². The fourth-order valence-electron chi connectivity index (χ4n) is 2.54. The molecule has 1 aromatic heterocycles. The number of carboxylic acid groups (broad SMARTS) is 1. The Hall–Kier alpha value is -1.81. The second-order valence-electron chi connectivity index (χ2n) is 4.77. The lowest BCUT2D eigenvalue weighted by Gasteiger charge is -2.34. The number of aliphatic carboxylic acids is 1. The van der Waals surface area contributed by atoms with Crippen LogP contribution in [0.3, 0.4) is 0 Å². The SMILES string of the molecule is CCc1nnc(N2CCSCC2C(=O)O)c(C#N)c1CC. The molecule has 112 valence electrons. The van der Waals surface area contributed by atoms with Gasteiger partial charge >= 0.3 is 5.97 Å². The Kier molecular flexibility index (Phi) is 5.02. The Bertz CT molecular complexity index is 585. The summed E-state index contributed by atoms with van der Waals surface area (Å²) in [6, 6.07) is 1.55. The lowest BCUT2D eigenvalue weighted by molar-refractivity contribution is -0.138. The summed E-state index contributed by atoms with van der Waals surface area (Å²) in [5.41, 5.74) is 2.17. The fraction of sp³-hybridized carbons (Fsp3) is 0.571. The van der Waals surface area contributed by atoms with Crippen molar-refractivity contribution in [3.63, 3.8) is 0 Å². The van der Waals surface area contributed by atoms with Gasteiger partial charge in [-0.3, -0.25) is 0 Å². The second-order valence-corrected chi connectivity index (χ2v) is 5.91. The lowest BCUT2D eigenvalue weighted by Crippen LogP contribution is -2.48. The zero-order valence-electron chi connectivity index (χ0n) is 12.2. The van der Waals surface area contributed by atoms with Crippen molar-refractivity contribution in [1.29, 1.82) is 5.26 Å². The van der Waals surface area contributed by atoms with Crippen molar-refractivity contribution in [1.82, 2.24) is 10.2 Å². The molecule has 1 saturated heterocycles. The van der Waals surface area contributed by atoms with Crippen LogP contribution in [0, 0.1) is 11.3 Å². The van der Waals surface area contributed by atoms with E-state index in [1.165, 1.54) is 0 Å². The first-order valence-corrected chi connectivity index (χ1v) is 8.15. The van der Waals surface area contributed by atoms with E-state index < -0.39 is 12.0 Å². The monoisotopic (exact) mass is 306 g/mol. The van der Waals surface area contributed by atoms with Crippen molar-refractivity contribution < 1.29 is 9.90 Å². The summed E-state index contributed by atoms with van der Waals surface area (Å²) >= 11 is 1.61. The number of hydrogen-bond donors (Lipinski definition) is 1. The van der Waals surface area contributed by atoms with Crippen LogP contribution < -0.4 is 4.90 Å². The number of thioether (sulfide) groups is 1. The standard InChI is InChI=1S/C14H18N4O2S/c1-3-9-10(7-15)13(17-16-11(9)4-2)18-5-6-21-8-12(18)14(19)20/h12H,3-6,8H2,1-2H3,(H,19,20). The number of anilines is 1. The largest absolute Gasteiger partial charge is 0.480 e. The summed E-state index contributed by atoms with van der Waals surface area (Å²) in [7, 11) is 0. The van der Waals surface area contributed by atoms with E-state index in [0.29, 0.717) is 36.5 Å². The van der Waals surface area contributed by atoms with Crippen LogP contribution in [0.5, 0.6) is 0 Å². The van der Waals surface area contributed by atoms with E-state index in [1.807, 2.05) is 13.8 Å². The second kappa shape index (κ2) is 6.76. The molecule has 0 bridgehead atoms. The average molecular weight is 306 g/mol. The maximum Gasteiger partial charge on any atom is 0.327 e. The van der Waals surface area contributed by atoms with Gasteiger partial charge in [0.2, 0.25) is 0 Å². The summed E-state index contributed by atoms with van der Waals surface area (Å²) in [6.45, 7) is 4.52. The molecule has 0 aromatic carbocycles. The zero-order chi connectivity index (χ0) is 15.4. The molecule has 1 unspecified atom stereocenters. The third-order valence-electron chi connectivity index (χ3n) is 3.62. The normalized spacial score (nSPS) is 18.3. The number of nitriles is 1. The van der Waals surface area contributed by atoms with Crippen molar-refractivity contribution >= 4 is 23.5 Å². The Balaban J connectivity index is 2.52. The molecule has 6 nitrogen and oxygen atoms in total. The van der Waals surface area contributed by atoms with Gasteiger partial charge in [-0.25, -0.2) is 4.79 Å². The van der Waals surface area contributed by atoms with Crippen molar-refractivity contribution in [2.24, 2.45) is 0 Å². The summed E-state index contributed by atoms with van der Waals surface area (Å²) in [4.78, 5) is 13.1.